The molecule has 2 aromatic carbocycles. The molecule has 2 aromatic rings. The van der Waals surface area contributed by atoms with Crippen LogP contribution in [0.4, 0.5) is 14.5 Å². The van der Waals surface area contributed by atoms with Gasteiger partial charge < -0.3 is 10.4 Å². The lowest BCUT2D eigenvalue weighted by atomic mass is 10.1. The van der Waals surface area contributed by atoms with Crippen molar-refractivity contribution in [2.24, 2.45) is 0 Å². The Morgan fingerprint density at radius 3 is 2.35 bits per heavy atom. The van der Waals surface area contributed by atoms with E-state index in [2.05, 4.69) is 5.32 Å². The lowest BCUT2D eigenvalue weighted by Crippen LogP contribution is -2.12. The monoisotopic (exact) mass is 277 g/mol. The summed E-state index contributed by atoms with van der Waals surface area (Å²) in [4.78, 5) is 11.8. The number of rotatable bonds is 4. The summed E-state index contributed by atoms with van der Waals surface area (Å²) in [6, 6.07) is 9.90. The van der Waals surface area contributed by atoms with Crippen LogP contribution in [0.2, 0.25) is 0 Å². The molecule has 0 radical (unpaired) electrons. The Labute approximate surface area is 114 Å². The molecule has 5 heteroatoms. The maximum absolute atomic E-state index is 13.0. The van der Waals surface area contributed by atoms with Gasteiger partial charge in [0, 0.05) is 17.9 Å². The molecule has 0 aliphatic heterocycles. The fraction of sp³-hybridized carbons (Fsp3) is 0.133. The molecule has 0 aliphatic rings. The van der Waals surface area contributed by atoms with Crippen LogP contribution in [0.1, 0.15) is 15.9 Å². The van der Waals surface area contributed by atoms with E-state index in [1.165, 1.54) is 6.07 Å². The molecule has 0 fully saturated rings. The van der Waals surface area contributed by atoms with Gasteiger partial charge in [0.05, 0.1) is 0 Å². The predicted octanol–water partition coefficient (Wildman–Crippen LogP) is 2.75. The number of aliphatic hydroxyl groups excluding tert-OH is 1. The van der Waals surface area contributed by atoms with Crippen molar-refractivity contribution < 1.29 is 18.7 Å². The molecule has 2 N–H and O–H groups in total. The first-order valence-electron chi connectivity index (χ1n) is 6.06. The van der Waals surface area contributed by atoms with Crippen molar-refractivity contribution >= 4 is 11.6 Å². The number of halogens is 2. The van der Waals surface area contributed by atoms with Crippen molar-refractivity contribution in [3.05, 3.63) is 65.2 Å². The van der Waals surface area contributed by atoms with Gasteiger partial charge in [-0.2, -0.15) is 0 Å². The topological polar surface area (TPSA) is 49.3 Å². The highest BCUT2D eigenvalue weighted by Crippen LogP contribution is 2.13. The molecule has 0 saturated carbocycles. The average molecular weight is 277 g/mol. The van der Waals surface area contributed by atoms with Crippen LogP contribution in [0.3, 0.4) is 0 Å². The third-order valence-electron chi connectivity index (χ3n) is 2.79. The molecule has 0 aliphatic carbocycles. The Hall–Kier alpha value is -2.27. The normalized spacial score (nSPS) is 10.3. The first-order valence-corrected chi connectivity index (χ1v) is 6.06. The first-order chi connectivity index (χ1) is 9.60. The van der Waals surface area contributed by atoms with Crippen molar-refractivity contribution in [1.29, 1.82) is 0 Å². The van der Waals surface area contributed by atoms with Gasteiger partial charge in [0.15, 0.2) is 11.6 Å². The summed E-state index contributed by atoms with van der Waals surface area (Å²) in [6.45, 7) is 0.0561. The molecule has 2 rings (SSSR count). The number of carbonyl (C=O) groups is 1. The molecule has 0 unspecified atom stereocenters. The van der Waals surface area contributed by atoms with E-state index in [9.17, 15) is 13.6 Å². The van der Waals surface area contributed by atoms with E-state index in [0.29, 0.717) is 12.1 Å². The quantitative estimate of drug-likeness (QED) is 0.902. The molecule has 104 valence electrons. The minimum atomic E-state index is -1.06. The van der Waals surface area contributed by atoms with Gasteiger partial charge in [-0.3, -0.25) is 4.79 Å². The minimum absolute atomic E-state index is 0.0448. The molecular weight excluding hydrogens is 264 g/mol. The second-order valence-electron chi connectivity index (χ2n) is 4.25. The fourth-order valence-electron chi connectivity index (χ4n) is 1.72. The number of nitrogens with one attached hydrogen (secondary N) is 1. The summed E-state index contributed by atoms with van der Waals surface area (Å²) in [6.07, 6.45) is 0.539. The Morgan fingerprint density at radius 2 is 1.75 bits per heavy atom. The number of carbonyl (C=O) groups excluding carboxylic acids is 1. The van der Waals surface area contributed by atoms with Gasteiger partial charge in [0.2, 0.25) is 0 Å². The summed E-state index contributed by atoms with van der Waals surface area (Å²) in [5, 5.41) is 11.4. The average Bonchev–Trinajstić information content (AvgIpc) is 2.44. The zero-order valence-electron chi connectivity index (χ0n) is 10.6. The predicted molar refractivity (Wildman–Crippen MR) is 71.5 cm³/mol. The van der Waals surface area contributed by atoms with Crippen molar-refractivity contribution in [3.8, 4) is 0 Å². The van der Waals surface area contributed by atoms with Gasteiger partial charge in [-0.05, 0) is 42.3 Å². The number of aliphatic hydroxyl groups is 1. The van der Waals surface area contributed by atoms with E-state index >= 15 is 0 Å². The molecule has 3 nitrogen and oxygen atoms in total. The zero-order valence-corrected chi connectivity index (χ0v) is 10.6. The van der Waals surface area contributed by atoms with Crippen molar-refractivity contribution in [2.75, 3.05) is 11.9 Å². The number of benzene rings is 2. The highest BCUT2D eigenvalue weighted by Gasteiger charge is 2.09. The molecule has 0 saturated heterocycles. The van der Waals surface area contributed by atoms with E-state index in [1.807, 2.05) is 0 Å². The van der Waals surface area contributed by atoms with E-state index < -0.39 is 17.5 Å². The SMILES string of the molecule is O=C(Nc1ccc(CCO)cc1)c1ccc(F)c(F)c1. The molecule has 20 heavy (non-hydrogen) atoms. The Balaban J connectivity index is 2.08. The van der Waals surface area contributed by atoms with Gasteiger partial charge in [0.25, 0.3) is 5.91 Å². The second kappa shape index (κ2) is 6.25. The third kappa shape index (κ3) is 3.39. The van der Waals surface area contributed by atoms with E-state index in [1.54, 1.807) is 24.3 Å². The van der Waals surface area contributed by atoms with E-state index in [-0.39, 0.29) is 12.2 Å². The Kier molecular flexibility index (Phi) is 4.42. The van der Waals surface area contributed by atoms with Gasteiger partial charge in [0.1, 0.15) is 0 Å². The van der Waals surface area contributed by atoms with Crippen LogP contribution in [-0.2, 0) is 6.42 Å². The highest BCUT2D eigenvalue weighted by atomic mass is 19.2. The highest BCUT2D eigenvalue weighted by molar-refractivity contribution is 6.04. The Bertz CT molecular complexity index is 612. The van der Waals surface area contributed by atoms with Crippen LogP contribution < -0.4 is 5.32 Å². The van der Waals surface area contributed by atoms with Crippen LogP contribution in [0, 0.1) is 11.6 Å². The second-order valence-corrected chi connectivity index (χ2v) is 4.25. The van der Waals surface area contributed by atoms with Crippen LogP contribution >= 0.6 is 0 Å². The number of hydrogen-bond acceptors (Lipinski definition) is 2. The smallest absolute Gasteiger partial charge is 0.255 e. The van der Waals surface area contributed by atoms with Crippen LogP contribution in [0.5, 0.6) is 0 Å². The number of hydrogen-bond donors (Lipinski definition) is 2. The van der Waals surface area contributed by atoms with Crippen molar-refractivity contribution in [3.63, 3.8) is 0 Å². The Morgan fingerprint density at radius 1 is 1.05 bits per heavy atom. The van der Waals surface area contributed by atoms with Crippen molar-refractivity contribution in [2.45, 2.75) is 6.42 Å². The third-order valence-corrected chi connectivity index (χ3v) is 2.79. The van der Waals surface area contributed by atoms with Gasteiger partial charge >= 0.3 is 0 Å². The fourth-order valence-corrected chi connectivity index (χ4v) is 1.72. The lowest BCUT2D eigenvalue weighted by Gasteiger charge is -2.06. The van der Waals surface area contributed by atoms with Crippen LogP contribution in [0.15, 0.2) is 42.5 Å². The van der Waals surface area contributed by atoms with Crippen molar-refractivity contribution in [1.82, 2.24) is 0 Å². The summed E-state index contributed by atoms with van der Waals surface area (Å²) >= 11 is 0. The van der Waals surface area contributed by atoms with Gasteiger partial charge in [-0.15, -0.1) is 0 Å². The minimum Gasteiger partial charge on any atom is -0.396 e. The van der Waals surface area contributed by atoms with Crippen LogP contribution in [-0.4, -0.2) is 17.6 Å². The molecule has 0 bridgehead atoms. The van der Waals surface area contributed by atoms with Gasteiger partial charge in [-0.1, -0.05) is 12.1 Å². The summed E-state index contributed by atoms with van der Waals surface area (Å²) in [5.41, 5.74) is 1.53. The van der Waals surface area contributed by atoms with Gasteiger partial charge in [-0.25, -0.2) is 8.78 Å². The first kappa shape index (κ1) is 14.1. The maximum atomic E-state index is 13.0. The van der Waals surface area contributed by atoms with E-state index in [4.69, 9.17) is 5.11 Å². The molecular formula is C15H13F2NO2. The maximum Gasteiger partial charge on any atom is 0.255 e. The largest absolute Gasteiger partial charge is 0.396 e. The molecule has 0 heterocycles. The summed E-state index contributed by atoms with van der Waals surface area (Å²) in [7, 11) is 0. The molecule has 0 spiro atoms. The number of anilines is 1. The zero-order chi connectivity index (χ0) is 14.5. The summed E-state index contributed by atoms with van der Waals surface area (Å²) < 4.78 is 25.8. The van der Waals surface area contributed by atoms with E-state index in [0.717, 1.165) is 17.7 Å². The standard InChI is InChI=1S/C15H13F2NO2/c16-13-6-3-11(9-14(13)17)15(20)18-12-4-1-10(2-5-12)7-8-19/h1-6,9,19H,7-8H2,(H,18,20). The molecule has 0 aromatic heterocycles. The number of amides is 1. The summed E-state index contributed by atoms with van der Waals surface area (Å²) in [5.74, 6) is -2.57. The molecule has 1 amide bonds. The van der Waals surface area contributed by atoms with Crippen LogP contribution in [0.25, 0.3) is 0 Å². The lowest BCUT2D eigenvalue weighted by molar-refractivity contribution is 0.102. The molecule has 0 atom stereocenters.